The number of isocyanates is 1. The molecule has 0 spiro atoms. The zero-order valence-corrected chi connectivity index (χ0v) is 7.31. The molecule has 11 heavy (non-hydrogen) atoms. The van der Waals surface area contributed by atoms with Crippen molar-refractivity contribution in [3.63, 3.8) is 0 Å². The first-order valence-electron chi connectivity index (χ1n) is 3.36. The summed E-state index contributed by atoms with van der Waals surface area (Å²) in [6, 6.07) is 2.00. The van der Waals surface area contributed by atoms with Gasteiger partial charge in [-0.05, 0) is 30.9 Å². The molecule has 3 heteroatoms. The standard InChI is InChI=1S/C8H9NOS/c1-6-3-8(11-4-6)7(2)9-5-10/h3-4,7H,1-2H3. The monoisotopic (exact) mass is 167 g/mol. The van der Waals surface area contributed by atoms with Crippen LogP contribution in [-0.2, 0) is 4.79 Å². The lowest BCUT2D eigenvalue weighted by atomic mass is 10.2. The molecule has 0 saturated carbocycles. The van der Waals surface area contributed by atoms with Crippen molar-refractivity contribution < 1.29 is 4.79 Å². The Balaban J connectivity index is 2.84. The zero-order chi connectivity index (χ0) is 8.27. The van der Waals surface area contributed by atoms with Crippen molar-refractivity contribution in [2.24, 2.45) is 4.99 Å². The van der Waals surface area contributed by atoms with Gasteiger partial charge >= 0.3 is 0 Å². The largest absolute Gasteiger partial charge is 0.235 e. The highest BCUT2D eigenvalue weighted by Crippen LogP contribution is 2.23. The summed E-state index contributed by atoms with van der Waals surface area (Å²) in [5.74, 6) is 0. The Hall–Kier alpha value is -0.920. The predicted octanol–water partition coefficient (Wildman–Crippen LogP) is 2.45. The van der Waals surface area contributed by atoms with Crippen molar-refractivity contribution in [1.29, 1.82) is 0 Å². The van der Waals surface area contributed by atoms with E-state index in [4.69, 9.17) is 0 Å². The highest BCUT2D eigenvalue weighted by Gasteiger charge is 2.04. The number of hydrogen-bond acceptors (Lipinski definition) is 3. The van der Waals surface area contributed by atoms with Crippen LogP contribution in [0.25, 0.3) is 0 Å². The summed E-state index contributed by atoms with van der Waals surface area (Å²) in [4.78, 5) is 14.6. The fraction of sp³-hybridized carbons (Fsp3) is 0.375. The highest BCUT2D eigenvalue weighted by atomic mass is 32.1. The van der Waals surface area contributed by atoms with E-state index in [9.17, 15) is 4.79 Å². The second-order valence-electron chi connectivity index (χ2n) is 2.42. The van der Waals surface area contributed by atoms with Crippen molar-refractivity contribution >= 4 is 17.4 Å². The fourth-order valence-electron chi connectivity index (χ4n) is 0.815. The van der Waals surface area contributed by atoms with E-state index in [1.807, 2.05) is 25.3 Å². The van der Waals surface area contributed by atoms with Gasteiger partial charge in [0.1, 0.15) is 0 Å². The van der Waals surface area contributed by atoms with E-state index in [0.29, 0.717) is 0 Å². The van der Waals surface area contributed by atoms with Gasteiger partial charge in [-0.15, -0.1) is 11.3 Å². The van der Waals surface area contributed by atoms with Gasteiger partial charge in [0.05, 0.1) is 6.04 Å². The van der Waals surface area contributed by atoms with E-state index in [1.54, 1.807) is 17.4 Å². The zero-order valence-electron chi connectivity index (χ0n) is 6.50. The molecule has 0 aliphatic heterocycles. The van der Waals surface area contributed by atoms with Crippen LogP contribution in [0, 0.1) is 6.92 Å². The van der Waals surface area contributed by atoms with Gasteiger partial charge in [-0.2, -0.15) is 4.99 Å². The molecule has 0 aromatic carbocycles. The van der Waals surface area contributed by atoms with E-state index in [-0.39, 0.29) is 6.04 Å². The fourth-order valence-corrected chi connectivity index (χ4v) is 1.71. The normalized spacial score (nSPS) is 12.2. The van der Waals surface area contributed by atoms with Crippen LogP contribution >= 0.6 is 11.3 Å². The smallest absolute Gasteiger partial charge is 0.211 e. The van der Waals surface area contributed by atoms with Crippen LogP contribution in [0.2, 0.25) is 0 Å². The van der Waals surface area contributed by atoms with Crippen LogP contribution in [-0.4, -0.2) is 6.08 Å². The average Bonchev–Trinajstić information content (AvgIpc) is 2.36. The summed E-state index contributed by atoms with van der Waals surface area (Å²) in [5.41, 5.74) is 1.22. The van der Waals surface area contributed by atoms with E-state index in [2.05, 4.69) is 4.99 Å². The van der Waals surface area contributed by atoms with Gasteiger partial charge in [-0.3, -0.25) is 0 Å². The molecule has 0 N–H and O–H groups in total. The molecule has 0 amide bonds. The highest BCUT2D eigenvalue weighted by molar-refractivity contribution is 7.10. The van der Waals surface area contributed by atoms with Gasteiger partial charge in [0, 0.05) is 4.88 Å². The molecule has 0 radical (unpaired) electrons. The number of rotatable bonds is 2. The summed E-state index contributed by atoms with van der Waals surface area (Å²) in [5, 5.41) is 2.05. The molecule has 58 valence electrons. The molecule has 1 rings (SSSR count). The minimum absolute atomic E-state index is 0.0359. The first kappa shape index (κ1) is 8.18. The molecule has 1 unspecified atom stereocenters. The maximum absolute atomic E-state index is 9.91. The summed E-state index contributed by atoms with van der Waals surface area (Å²) in [6.45, 7) is 3.91. The van der Waals surface area contributed by atoms with Crippen molar-refractivity contribution in [3.05, 3.63) is 21.9 Å². The van der Waals surface area contributed by atoms with Gasteiger partial charge in [0.25, 0.3) is 0 Å². The molecule has 1 aromatic rings. The van der Waals surface area contributed by atoms with Crippen LogP contribution in [0.4, 0.5) is 0 Å². The maximum atomic E-state index is 9.91. The minimum Gasteiger partial charge on any atom is -0.211 e. The molecule has 0 saturated heterocycles. The van der Waals surface area contributed by atoms with E-state index in [0.717, 1.165) is 4.88 Å². The first-order chi connectivity index (χ1) is 5.24. The van der Waals surface area contributed by atoms with Crippen molar-refractivity contribution in [2.75, 3.05) is 0 Å². The van der Waals surface area contributed by atoms with E-state index < -0.39 is 0 Å². The molecule has 0 fully saturated rings. The number of carbonyl (C=O) groups excluding carboxylic acids is 1. The van der Waals surface area contributed by atoms with Gasteiger partial charge in [-0.25, -0.2) is 4.79 Å². The first-order valence-corrected chi connectivity index (χ1v) is 4.24. The number of aliphatic imine (C=N–C) groups is 1. The third kappa shape index (κ3) is 2.00. The van der Waals surface area contributed by atoms with Crippen molar-refractivity contribution in [2.45, 2.75) is 19.9 Å². The van der Waals surface area contributed by atoms with Crippen LogP contribution in [0.3, 0.4) is 0 Å². The Morgan fingerprint density at radius 3 is 2.91 bits per heavy atom. The third-order valence-corrected chi connectivity index (χ3v) is 2.63. The molecule has 2 nitrogen and oxygen atoms in total. The lowest BCUT2D eigenvalue weighted by Gasteiger charge is -1.96. The molecule has 1 aromatic heterocycles. The summed E-state index contributed by atoms with van der Waals surface area (Å²) < 4.78 is 0. The van der Waals surface area contributed by atoms with Gasteiger partial charge in [0.2, 0.25) is 6.08 Å². The number of aryl methyl sites for hydroxylation is 1. The van der Waals surface area contributed by atoms with Gasteiger partial charge in [0.15, 0.2) is 0 Å². The molecular weight excluding hydrogens is 158 g/mol. The molecule has 1 heterocycles. The molecule has 0 bridgehead atoms. The SMILES string of the molecule is Cc1csc(C(C)N=C=O)c1. The summed E-state index contributed by atoms with van der Waals surface area (Å²) >= 11 is 1.62. The van der Waals surface area contributed by atoms with Crippen LogP contribution in [0.15, 0.2) is 16.4 Å². The summed E-state index contributed by atoms with van der Waals surface area (Å²) in [6.07, 6.45) is 1.56. The second kappa shape index (κ2) is 3.46. The van der Waals surface area contributed by atoms with Gasteiger partial charge < -0.3 is 0 Å². The van der Waals surface area contributed by atoms with E-state index >= 15 is 0 Å². The molecule has 1 atom stereocenters. The summed E-state index contributed by atoms with van der Waals surface area (Å²) in [7, 11) is 0. The number of thiophene rings is 1. The van der Waals surface area contributed by atoms with Crippen LogP contribution < -0.4 is 0 Å². The lowest BCUT2D eigenvalue weighted by molar-refractivity contribution is 0.560. The molecule has 0 aliphatic carbocycles. The quantitative estimate of drug-likeness (QED) is 0.491. The van der Waals surface area contributed by atoms with Crippen molar-refractivity contribution in [1.82, 2.24) is 0 Å². The number of hydrogen-bond donors (Lipinski definition) is 0. The lowest BCUT2D eigenvalue weighted by Crippen LogP contribution is -1.82. The Morgan fingerprint density at radius 1 is 1.73 bits per heavy atom. The Morgan fingerprint density at radius 2 is 2.45 bits per heavy atom. The third-order valence-electron chi connectivity index (χ3n) is 1.41. The average molecular weight is 167 g/mol. The Bertz CT molecular complexity index is 286. The maximum Gasteiger partial charge on any atom is 0.235 e. The molecular formula is C8H9NOS. The van der Waals surface area contributed by atoms with Crippen molar-refractivity contribution in [3.8, 4) is 0 Å². The second-order valence-corrected chi connectivity index (χ2v) is 3.37. The minimum atomic E-state index is -0.0359. The van der Waals surface area contributed by atoms with E-state index in [1.165, 1.54) is 5.56 Å². The van der Waals surface area contributed by atoms with Crippen LogP contribution in [0.1, 0.15) is 23.4 Å². The Labute approximate surface area is 69.6 Å². The Kier molecular flexibility index (Phi) is 2.58. The van der Waals surface area contributed by atoms with Crippen LogP contribution in [0.5, 0.6) is 0 Å². The molecule has 0 aliphatic rings. The van der Waals surface area contributed by atoms with Gasteiger partial charge in [-0.1, -0.05) is 0 Å². The number of nitrogens with zero attached hydrogens (tertiary/aromatic N) is 1. The topological polar surface area (TPSA) is 29.4 Å². The predicted molar refractivity (Wildman–Crippen MR) is 45.6 cm³/mol.